The normalized spacial score (nSPS) is 20.2. The zero-order chi connectivity index (χ0) is 18.0. The number of nitrogens with one attached hydrogen (secondary N) is 1. The van der Waals surface area contributed by atoms with Gasteiger partial charge in [-0.05, 0) is 36.1 Å². The van der Waals surface area contributed by atoms with Gasteiger partial charge in [0, 0.05) is 25.3 Å². The van der Waals surface area contributed by atoms with Gasteiger partial charge >= 0.3 is 6.03 Å². The minimum Gasteiger partial charge on any atom is -0.380 e. The molecule has 1 aromatic carbocycles. The maximum atomic E-state index is 12.9. The van der Waals surface area contributed by atoms with Crippen LogP contribution in [-0.4, -0.2) is 29.6 Å². The highest BCUT2D eigenvalue weighted by molar-refractivity contribution is 5.89. The Labute approximate surface area is 153 Å². The van der Waals surface area contributed by atoms with Gasteiger partial charge < -0.3 is 9.64 Å². The first-order valence-corrected chi connectivity index (χ1v) is 8.93. The van der Waals surface area contributed by atoms with Gasteiger partial charge in [-0.15, -0.1) is 0 Å². The number of methoxy groups -OCH3 is 1. The molecule has 0 radical (unpaired) electrons. The van der Waals surface area contributed by atoms with Crippen LogP contribution in [-0.2, 0) is 11.3 Å². The Morgan fingerprint density at radius 2 is 2.04 bits per heavy atom. The highest BCUT2D eigenvalue weighted by Crippen LogP contribution is 2.56. The van der Waals surface area contributed by atoms with Gasteiger partial charge in [-0.2, -0.15) is 0 Å². The summed E-state index contributed by atoms with van der Waals surface area (Å²) in [6, 6.07) is 14.0. The SMILES string of the molecule is COCc1ccnc(NC(=O)N2CC3(CC=CC3)C2c2ccccc2)c1. The van der Waals surface area contributed by atoms with E-state index in [-0.39, 0.29) is 17.5 Å². The van der Waals surface area contributed by atoms with Gasteiger partial charge in [-0.25, -0.2) is 9.78 Å². The topological polar surface area (TPSA) is 54.5 Å². The van der Waals surface area contributed by atoms with Crippen molar-refractivity contribution in [1.82, 2.24) is 9.88 Å². The van der Waals surface area contributed by atoms with Crippen molar-refractivity contribution in [2.45, 2.75) is 25.5 Å². The molecule has 1 saturated heterocycles. The van der Waals surface area contributed by atoms with Crippen molar-refractivity contribution < 1.29 is 9.53 Å². The molecule has 1 aliphatic heterocycles. The van der Waals surface area contributed by atoms with Crippen LogP contribution >= 0.6 is 0 Å². The second-order valence-electron chi connectivity index (χ2n) is 7.10. The molecule has 4 rings (SSSR count). The quantitative estimate of drug-likeness (QED) is 0.844. The number of urea groups is 1. The molecule has 2 heterocycles. The number of rotatable bonds is 4. The Morgan fingerprint density at radius 1 is 1.27 bits per heavy atom. The maximum absolute atomic E-state index is 12.9. The number of hydrogen-bond acceptors (Lipinski definition) is 3. The average Bonchev–Trinajstić information content (AvgIpc) is 3.13. The zero-order valence-electron chi connectivity index (χ0n) is 14.9. The van der Waals surface area contributed by atoms with E-state index in [2.05, 4.69) is 34.6 Å². The second-order valence-corrected chi connectivity index (χ2v) is 7.10. The van der Waals surface area contributed by atoms with Crippen LogP contribution in [0.4, 0.5) is 10.6 Å². The van der Waals surface area contributed by atoms with E-state index in [1.165, 1.54) is 5.56 Å². The lowest BCUT2D eigenvalue weighted by Crippen LogP contribution is -2.60. The van der Waals surface area contributed by atoms with Gasteiger partial charge in [0.1, 0.15) is 5.82 Å². The Balaban J connectivity index is 1.53. The fourth-order valence-corrected chi connectivity index (χ4v) is 4.15. The first-order chi connectivity index (χ1) is 12.7. The lowest BCUT2D eigenvalue weighted by molar-refractivity contribution is -0.0308. The molecular formula is C21H23N3O2. The summed E-state index contributed by atoms with van der Waals surface area (Å²) >= 11 is 0. The number of nitrogens with zero attached hydrogens (tertiary/aromatic N) is 2. The van der Waals surface area contributed by atoms with Crippen molar-refractivity contribution in [3.05, 3.63) is 71.9 Å². The van der Waals surface area contributed by atoms with E-state index >= 15 is 0 Å². The first-order valence-electron chi connectivity index (χ1n) is 8.93. The number of likely N-dealkylation sites (tertiary alicyclic amines) is 1. The molecule has 2 amide bonds. The Hall–Kier alpha value is -2.66. The van der Waals surface area contributed by atoms with Crippen molar-refractivity contribution in [2.24, 2.45) is 5.41 Å². The second kappa shape index (κ2) is 6.92. The Morgan fingerprint density at radius 3 is 2.77 bits per heavy atom. The molecule has 2 aliphatic rings. The summed E-state index contributed by atoms with van der Waals surface area (Å²) in [5.74, 6) is 0.557. The number of hydrogen-bond donors (Lipinski definition) is 1. The molecule has 1 atom stereocenters. The molecule has 1 spiro atoms. The molecular weight excluding hydrogens is 326 g/mol. The Bertz CT molecular complexity index is 811. The van der Waals surface area contributed by atoms with Gasteiger partial charge in [0.2, 0.25) is 0 Å². The van der Waals surface area contributed by atoms with Crippen molar-refractivity contribution in [3.8, 4) is 0 Å². The van der Waals surface area contributed by atoms with Crippen LogP contribution in [0.3, 0.4) is 0 Å². The van der Waals surface area contributed by atoms with Crippen LogP contribution in [0.2, 0.25) is 0 Å². The summed E-state index contributed by atoms with van der Waals surface area (Å²) in [5.41, 5.74) is 2.32. The smallest absolute Gasteiger partial charge is 0.323 e. The van der Waals surface area contributed by atoms with Crippen molar-refractivity contribution >= 4 is 11.8 Å². The third kappa shape index (κ3) is 2.99. The predicted molar refractivity (Wildman–Crippen MR) is 101 cm³/mol. The van der Waals surface area contributed by atoms with Crippen LogP contribution in [0.25, 0.3) is 0 Å². The molecule has 26 heavy (non-hydrogen) atoms. The van der Waals surface area contributed by atoms with Gasteiger partial charge in [0.25, 0.3) is 0 Å². The summed E-state index contributed by atoms with van der Waals surface area (Å²) in [6.45, 7) is 1.26. The first kappa shape index (κ1) is 16.8. The van der Waals surface area contributed by atoms with Crippen LogP contribution < -0.4 is 5.32 Å². The number of anilines is 1. The van der Waals surface area contributed by atoms with E-state index in [1.54, 1.807) is 13.3 Å². The number of allylic oxidation sites excluding steroid dienone is 2. The van der Waals surface area contributed by atoms with Gasteiger partial charge in [0.15, 0.2) is 0 Å². The van der Waals surface area contributed by atoms with Crippen LogP contribution in [0, 0.1) is 5.41 Å². The van der Waals surface area contributed by atoms with Gasteiger partial charge in [0.05, 0.1) is 12.6 Å². The zero-order valence-corrected chi connectivity index (χ0v) is 14.9. The lowest BCUT2D eigenvalue weighted by Gasteiger charge is -2.56. The molecule has 0 saturated carbocycles. The molecule has 1 N–H and O–H groups in total. The minimum atomic E-state index is -0.0987. The number of carbonyl (C=O) groups is 1. The molecule has 1 unspecified atom stereocenters. The summed E-state index contributed by atoms with van der Waals surface area (Å²) in [4.78, 5) is 19.1. The Kier molecular flexibility index (Phi) is 4.47. The summed E-state index contributed by atoms with van der Waals surface area (Å²) in [6.07, 6.45) is 8.22. The maximum Gasteiger partial charge on any atom is 0.323 e. The summed E-state index contributed by atoms with van der Waals surface area (Å²) in [7, 11) is 1.65. The third-order valence-electron chi connectivity index (χ3n) is 5.34. The third-order valence-corrected chi connectivity index (χ3v) is 5.34. The number of carbonyl (C=O) groups excluding carboxylic acids is 1. The van der Waals surface area contributed by atoms with Crippen LogP contribution in [0.15, 0.2) is 60.8 Å². The van der Waals surface area contributed by atoms with E-state index in [4.69, 9.17) is 4.74 Å². The average molecular weight is 349 g/mol. The van der Waals surface area contributed by atoms with E-state index in [0.717, 1.165) is 24.9 Å². The van der Waals surface area contributed by atoms with Crippen LogP contribution in [0.5, 0.6) is 0 Å². The molecule has 1 aromatic heterocycles. The van der Waals surface area contributed by atoms with Crippen LogP contribution in [0.1, 0.15) is 30.0 Å². The molecule has 0 bridgehead atoms. The predicted octanol–water partition coefficient (Wildman–Crippen LogP) is 4.15. The molecule has 2 aromatic rings. The minimum absolute atomic E-state index is 0.0980. The molecule has 1 aliphatic carbocycles. The monoisotopic (exact) mass is 349 g/mol. The molecule has 134 valence electrons. The molecule has 1 fully saturated rings. The molecule has 5 heteroatoms. The number of amides is 2. The standard InChI is InChI=1S/C21H23N3O2/c1-26-14-16-9-12-22-18(13-16)23-20(25)24-15-21(10-5-6-11-21)19(24)17-7-3-2-4-8-17/h2-9,12-13,19H,10-11,14-15H2,1H3,(H,22,23,25). The van der Waals surface area contributed by atoms with Crippen molar-refractivity contribution in [1.29, 1.82) is 0 Å². The summed E-state index contributed by atoms with van der Waals surface area (Å²) in [5, 5.41) is 2.95. The number of benzene rings is 1. The lowest BCUT2D eigenvalue weighted by atomic mass is 9.67. The van der Waals surface area contributed by atoms with Crippen molar-refractivity contribution in [3.63, 3.8) is 0 Å². The van der Waals surface area contributed by atoms with Gasteiger partial charge in [-0.3, -0.25) is 5.32 Å². The highest BCUT2D eigenvalue weighted by Gasteiger charge is 2.54. The molecule has 5 nitrogen and oxygen atoms in total. The fourth-order valence-electron chi connectivity index (χ4n) is 4.15. The van der Waals surface area contributed by atoms with E-state index in [1.807, 2.05) is 35.2 Å². The fraction of sp³-hybridized carbons (Fsp3) is 0.333. The van der Waals surface area contributed by atoms with E-state index < -0.39 is 0 Å². The van der Waals surface area contributed by atoms with E-state index in [9.17, 15) is 4.79 Å². The number of ether oxygens (including phenoxy) is 1. The van der Waals surface area contributed by atoms with E-state index in [0.29, 0.717) is 12.4 Å². The largest absolute Gasteiger partial charge is 0.380 e. The van der Waals surface area contributed by atoms with Gasteiger partial charge in [-0.1, -0.05) is 42.5 Å². The number of aromatic nitrogens is 1. The number of pyridine rings is 1. The van der Waals surface area contributed by atoms with Crippen molar-refractivity contribution in [2.75, 3.05) is 19.0 Å². The highest BCUT2D eigenvalue weighted by atomic mass is 16.5. The summed E-state index contributed by atoms with van der Waals surface area (Å²) < 4.78 is 5.15.